The van der Waals surface area contributed by atoms with Gasteiger partial charge < -0.3 is 20.5 Å². The van der Waals surface area contributed by atoms with Crippen molar-refractivity contribution >= 4 is 29.9 Å². The molecule has 4 atom stereocenters. The highest BCUT2D eigenvalue weighted by Gasteiger charge is 2.51. The molecule has 1 aliphatic rings. The number of nitrogens with one attached hydrogen (secondary N) is 2. The van der Waals surface area contributed by atoms with E-state index in [0.29, 0.717) is 5.69 Å². The minimum absolute atomic E-state index is 0.0872. The van der Waals surface area contributed by atoms with Crippen molar-refractivity contribution in [3.63, 3.8) is 0 Å². The molecular weight excluding hydrogens is 424 g/mol. The molecule has 174 valence electrons. The highest BCUT2D eigenvalue weighted by atomic mass is 16.5. The van der Waals surface area contributed by atoms with Gasteiger partial charge in [0.25, 0.3) is 6.47 Å². The number of hydrogen-bond acceptors (Lipinski definition) is 5. The van der Waals surface area contributed by atoms with E-state index in [1.165, 1.54) is 18.2 Å². The van der Waals surface area contributed by atoms with Crippen LogP contribution in [0.1, 0.15) is 29.5 Å². The number of ether oxygens (including phenoxy) is 1. The van der Waals surface area contributed by atoms with Crippen LogP contribution in [0.4, 0.5) is 5.69 Å². The Hall–Kier alpha value is -3.68. The van der Waals surface area contributed by atoms with Crippen LogP contribution in [0.3, 0.4) is 0 Å². The van der Waals surface area contributed by atoms with Crippen molar-refractivity contribution in [3.8, 4) is 0 Å². The highest BCUT2D eigenvalue weighted by molar-refractivity contribution is 5.95. The number of carboxylic acid groups (broad SMARTS) is 1. The van der Waals surface area contributed by atoms with Crippen LogP contribution in [0, 0.1) is 24.7 Å². The lowest BCUT2D eigenvalue weighted by molar-refractivity contribution is -0.140. The first-order chi connectivity index (χ1) is 15.8. The lowest BCUT2D eigenvalue weighted by Gasteiger charge is -2.23. The van der Waals surface area contributed by atoms with Crippen molar-refractivity contribution in [1.29, 1.82) is 0 Å². The molecule has 0 spiro atoms. The predicted octanol–water partition coefficient (Wildman–Crippen LogP) is 2.54. The number of rotatable bonds is 9. The second kappa shape index (κ2) is 10.8. The topological polar surface area (TPSA) is 122 Å². The standard InChI is InChI=1S/C25H28N2O6/c1-15-3-5-16(6-4-15)11-17-7-9-18(10-8-17)27-25(32)23-19(13-22(29)30)20(24(31)26-2)12-21(23)33-14-28/h3-10,14,19-21,23H,11-13H2,1-2H3,(H,26,31)(H,27,32)(H,29,30). The minimum Gasteiger partial charge on any atom is -0.481 e. The van der Waals surface area contributed by atoms with Crippen LogP contribution >= 0.6 is 0 Å². The zero-order valence-electron chi connectivity index (χ0n) is 18.6. The zero-order valence-corrected chi connectivity index (χ0v) is 18.6. The first-order valence-electron chi connectivity index (χ1n) is 10.8. The van der Waals surface area contributed by atoms with Crippen LogP contribution in [0.5, 0.6) is 0 Å². The third kappa shape index (κ3) is 5.97. The summed E-state index contributed by atoms with van der Waals surface area (Å²) in [7, 11) is 1.45. The fourth-order valence-electron chi connectivity index (χ4n) is 4.50. The maximum atomic E-state index is 13.1. The molecule has 8 heteroatoms. The van der Waals surface area contributed by atoms with E-state index in [2.05, 4.69) is 34.9 Å². The number of carboxylic acids is 1. The molecule has 3 N–H and O–H groups in total. The molecule has 2 aromatic rings. The third-order valence-electron chi connectivity index (χ3n) is 6.14. The number of amides is 2. The second-order valence-corrected chi connectivity index (χ2v) is 8.36. The van der Waals surface area contributed by atoms with Crippen molar-refractivity contribution in [2.45, 2.75) is 32.3 Å². The van der Waals surface area contributed by atoms with E-state index in [0.717, 1.165) is 12.0 Å². The van der Waals surface area contributed by atoms with E-state index >= 15 is 0 Å². The first kappa shape index (κ1) is 24.0. The fraction of sp³-hybridized carbons (Fsp3) is 0.360. The number of carbonyl (C=O) groups excluding carboxylic acids is 3. The maximum Gasteiger partial charge on any atom is 0.303 e. The molecule has 1 fully saturated rings. The monoisotopic (exact) mass is 452 g/mol. The largest absolute Gasteiger partial charge is 0.481 e. The van der Waals surface area contributed by atoms with Gasteiger partial charge in [-0.2, -0.15) is 0 Å². The molecule has 2 amide bonds. The normalized spacial score (nSPS) is 21.8. The summed E-state index contributed by atoms with van der Waals surface area (Å²) in [5, 5.41) is 14.6. The quantitative estimate of drug-likeness (QED) is 0.503. The molecule has 33 heavy (non-hydrogen) atoms. The number of aliphatic carboxylic acids is 1. The first-order valence-corrected chi connectivity index (χ1v) is 10.8. The number of benzene rings is 2. The van der Waals surface area contributed by atoms with Gasteiger partial charge >= 0.3 is 5.97 Å². The third-order valence-corrected chi connectivity index (χ3v) is 6.14. The number of anilines is 1. The smallest absolute Gasteiger partial charge is 0.303 e. The van der Waals surface area contributed by atoms with Crippen LogP contribution in [-0.2, 0) is 30.3 Å². The van der Waals surface area contributed by atoms with Crippen molar-refractivity contribution in [1.82, 2.24) is 5.32 Å². The van der Waals surface area contributed by atoms with Gasteiger partial charge in [-0.25, -0.2) is 0 Å². The van der Waals surface area contributed by atoms with Gasteiger partial charge in [0.15, 0.2) is 0 Å². The van der Waals surface area contributed by atoms with Gasteiger partial charge in [0.1, 0.15) is 6.10 Å². The van der Waals surface area contributed by atoms with Crippen LogP contribution in [-0.4, -0.2) is 42.5 Å². The minimum atomic E-state index is -1.13. The van der Waals surface area contributed by atoms with Gasteiger partial charge in [-0.15, -0.1) is 0 Å². The lowest BCUT2D eigenvalue weighted by Crippen LogP contribution is -2.38. The summed E-state index contributed by atoms with van der Waals surface area (Å²) >= 11 is 0. The highest BCUT2D eigenvalue weighted by Crippen LogP contribution is 2.42. The molecule has 1 aliphatic carbocycles. The van der Waals surface area contributed by atoms with Crippen molar-refractivity contribution < 1.29 is 29.0 Å². The summed E-state index contributed by atoms with van der Waals surface area (Å²) < 4.78 is 5.09. The van der Waals surface area contributed by atoms with Gasteiger partial charge in [-0.05, 0) is 48.9 Å². The SMILES string of the molecule is CNC(=O)C1CC(OC=O)C(C(=O)Nc2ccc(Cc3ccc(C)cc3)cc2)C1CC(=O)O. The molecule has 0 saturated heterocycles. The van der Waals surface area contributed by atoms with Gasteiger partial charge in [0, 0.05) is 25.1 Å². The Morgan fingerprint density at radius 1 is 1.03 bits per heavy atom. The van der Waals surface area contributed by atoms with Crippen LogP contribution in [0.25, 0.3) is 0 Å². The Kier molecular flexibility index (Phi) is 7.82. The summed E-state index contributed by atoms with van der Waals surface area (Å²) in [4.78, 5) is 47.9. The fourth-order valence-corrected chi connectivity index (χ4v) is 4.50. The number of hydrogen-bond donors (Lipinski definition) is 3. The Balaban J connectivity index is 1.75. The summed E-state index contributed by atoms with van der Waals surface area (Å²) in [6.07, 6.45) is -0.426. The molecule has 2 aromatic carbocycles. The van der Waals surface area contributed by atoms with E-state index in [1.54, 1.807) is 12.1 Å². The van der Waals surface area contributed by atoms with Crippen LogP contribution < -0.4 is 10.6 Å². The molecule has 0 aliphatic heterocycles. The molecule has 0 radical (unpaired) electrons. The lowest BCUT2D eigenvalue weighted by atomic mass is 9.85. The van der Waals surface area contributed by atoms with Gasteiger partial charge in [0.05, 0.1) is 5.92 Å². The van der Waals surface area contributed by atoms with E-state index in [1.807, 2.05) is 19.1 Å². The summed E-state index contributed by atoms with van der Waals surface area (Å²) in [5.41, 5.74) is 3.98. The molecule has 3 rings (SSSR count). The van der Waals surface area contributed by atoms with E-state index in [9.17, 15) is 24.3 Å². The molecular formula is C25H28N2O6. The average molecular weight is 453 g/mol. The Bertz CT molecular complexity index is 1000. The Labute approximate surface area is 192 Å². The summed E-state index contributed by atoms with van der Waals surface area (Å²) in [6, 6.07) is 15.6. The van der Waals surface area contributed by atoms with Crippen LogP contribution in [0.2, 0.25) is 0 Å². The van der Waals surface area contributed by atoms with E-state index in [-0.39, 0.29) is 25.2 Å². The Morgan fingerprint density at radius 3 is 2.18 bits per heavy atom. The second-order valence-electron chi connectivity index (χ2n) is 8.36. The van der Waals surface area contributed by atoms with Crippen molar-refractivity contribution in [2.24, 2.45) is 17.8 Å². The number of aryl methyl sites for hydroxylation is 1. The van der Waals surface area contributed by atoms with Crippen molar-refractivity contribution in [3.05, 3.63) is 65.2 Å². The maximum absolute atomic E-state index is 13.1. The Morgan fingerprint density at radius 2 is 1.64 bits per heavy atom. The average Bonchev–Trinajstić information content (AvgIpc) is 3.13. The predicted molar refractivity (Wildman–Crippen MR) is 121 cm³/mol. The van der Waals surface area contributed by atoms with Gasteiger partial charge in [0.2, 0.25) is 11.8 Å². The molecule has 0 heterocycles. The van der Waals surface area contributed by atoms with E-state index < -0.39 is 35.7 Å². The molecule has 1 saturated carbocycles. The molecule has 8 nitrogen and oxygen atoms in total. The van der Waals surface area contributed by atoms with Crippen molar-refractivity contribution in [2.75, 3.05) is 12.4 Å². The molecule has 4 unspecified atom stereocenters. The zero-order chi connectivity index (χ0) is 24.0. The summed E-state index contributed by atoms with van der Waals surface area (Å²) in [6.45, 7) is 2.27. The van der Waals surface area contributed by atoms with E-state index in [4.69, 9.17) is 4.74 Å². The van der Waals surface area contributed by atoms with Gasteiger partial charge in [-0.1, -0.05) is 42.0 Å². The van der Waals surface area contributed by atoms with Crippen LogP contribution in [0.15, 0.2) is 48.5 Å². The summed E-state index contributed by atoms with van der Waals surface area (Å²) in [5.74, 6) is -4.49. The van der Waals surface area contributed by atoms with Gasteiger partial charge in [-0.3, -0.25) is 19.2 Å². The number of carbonyl (C=O) groups is 4. The molecule has 0 aromatic heterocycles. The molecule has 0 bridgehead atoms.